The van der Waals surface area contributed by atoms with Gasteiger partial charge in [-0.1, -0.05) is 17.7 Å². The van der Waals surface area contributed by atoms with Crippen molar-refractivity contribution in [1.29, 1.82) is 0 Å². The topological polar surface area (TPSA) is 49.3 Å². The molecule has 0 amide bonds. The van der Waals surface area contributed by atoms with Gasteiger partial charge in [-0.15, -0.1) is 0 Å². The van der Waals surface area contributed by atoms with Gasteiger partial charge in [-0.05, 0) is 65.4 Å². The molecular weight excluding hydrogens is 377 g/mol. The van der Waals surface area contributed by atoms with Crippen molar-refractivity contribution in [2.45, 2.75) is 6.92 Å². The number of aryl methyl sites for hydroxylation is 1. The molecule has 2 aromatic carbocycles. The first-order valence-corrected chi connectivity index (χ1v) is 6.99. The third-order valence-corrected chi connectivity index (χ3v) is 3.60. The summed E-state index contributed by atoms with van der Waals surface area (Å²) in [4.78, 5) is 11.2. The highest BCUT2D eigenvalue weighted by Gasteiger charge is 2.11. The van der Waals surface area contributed by atoms with E-state index in [1.807, 2.05) is 19.1 Å². The van der Waals surface area contributed by atoms with Crippen molar-refractivity contribution in [2.75, 3.05) is 5.32 Å². The molecule has 0 atom stereocenters. The molecule has 0 saturated heterocycles. The van der Waals surface area contributed by atoms with E-state index in [0.717, 1.165) is 9.13 Å². The maximum atomic E-state index is 11.2. The van der Waals surface area contributed by atoms with E-state index in [-0.39, 0.29) is 5.56 Å². The molecule has 0 bridgehead atoms. The van der Waals surface area contributed by atoms with E-state index in [1.54, 1.807) is 24.3 Å². The van der Waals surface area contributed by atoms with E-state index in [0.29, 0.717) is 16.4 Å². The normalized spacial score (nSPS) is 10.3. The number of carboxylic acids is 1. The summed E-state index contributed by atoms with van der Waals surface area (Å²) in [6.45, 7) is 1.91. The van der Waals surface area contributed by atoms with E-state index < -0.39 is 5.97 Å². The average Bonchev–Trinajstić information content (AvgIpc) is 2.33. The second-order valence-corrected chi connectivity index (χ2v) is 5.76. The minimum absolute atomic E-state index is 0.223. The van der Waals surface area contributed by atoms with Crippen molar-refractivity contribution in [3.8, 4) is 0 Å². The molecule has 0 aromatic heterocycles. The zero-order valence-electron chi connectivity index (χ0n) is 10.1. The van der Waals surface area contributed by atoms with E-state index in [2.05, 4.69) is 27.9 Å². The van der Waals surface area contributed by atoms with Crippen molar-refractivity contribution in [1.82, 2.24) is 0 Å². The summed E-state index contributed by atoms with van der Waals surface area (Å²) in [5.74, 6) is -0.968. The van der Waals surface area contributed by atoms with E-state index >= 15 is 0 Å². The van der Waals surface area contributed by atoms with Crippen LogP contribution in [0.3, 0.4) is 0 Å². The summed E-state index contributed by atoms with van der Waals surface area (Å²) in [5.41, 5.74) is 2.44. The molecule has 98 valence electrons. The van der Waals surface area contributed by atoms with Crippen molar-refractivity contribution < 1.29 is 9.90 Å². The highest BCUT2D eigenvalue weighted by atomic mass is 127. The number of hydrogen-bond acceptors (Lipinski definition) is 2. The number of nitrogens with one attached hydrogen (secondary N) is 1. The highest BCUT2D eigenvalue weighted by molar-refractivity contribution is 14.1. The van der Waals surface area contributed by atoms with Crippen molar-refractivity contribution in [3.05, 3.63) is 56.1 Å². The van der Waals surface area contributed by atoms with Gasteiger partial charge in [0.05, 0.1) is 22.0 Å². The third-order valence-electron chi connectivity index (χ3n) is 2.60. The molecular formula is C14H11ClINO2. The van der Waals surface area contributed by atoms with Gasteiger partial charge in [-0.2, -0.15) is 0 Å². The summed E-state index contributed by atoms with van der Waals surface area (Å²) < 4.78 is 1.02. The fraction of sp³-hybridized carbons (Fsp3) is 0.0714. The van der Waals surface area contributed by atoms with E-state index in [9.17, 15) is 9.90 Å². The lowest BCUT2D eigenvalue weighted by atomic mass is 10.1. The minimum atomic E-state index is -0.968. The molecule has 2 aromatic rings. The predicted molar refractivity (Wildman–Crippen MR) is 85.6 cm³/mol. The Kier molecular flexibility index (Phi) is 4.31. The molecule has 0 spiro atoms. The van der Waals surface area contributed by atoms with Crippen LogP contribution in [0.2, 0.25) is 5.02 Å². The molecule has 0 aliphatic heterocycles. The lowest BCUT2D eigenvalue weighted by Gasteiger charge is -2.12. The maximum Gasteiger partial charge on any atom is 0.337 e. The predicted octanol–water partition coefficient (Wildman–Crippen LogP) is 4.69. The van der Waals surface area contributed by atoms with Crippen LogP contribution in [-0.4, -0.2) is 11.1 Å². The van der Waals surface area contributed by atoms with Gasteiger partial charge in [0.25, 0.3) is 0 Å². The van der Waals surface area contributed by atoms with Gasteiger partial charge in [0.2, 0.25) is 0 Å². The first-order valence-electron chi connectivity index (χ1n) is 5.53. The number of hydrogen-bond donors (Lipinski definition) is 2. The second kappa shape index (κ2) is 5.79. The summed E-state index contributed by atoms with van der Waals surface area (Å²) in [5, 5.41) is 12.8. The molecule has 0 unspecified atom stereocenters. The fourth-order valence-corrected chi connectivity index (χ4v) is 2.34. The number of benzene rings is 2. The molecule has 0 fully saturated rings. The number of aromatic carboxylic acids is 1. The monoisotopic (exact) mass is 387 g/mol. The summed E-state index contributed by atoms with van der Waals surface area (Å²) in [7, 11) is 0. The number of rotatable bonds is 3. The zero-order valence-corrected chi connectivity index (χ0v) is 13.0. The van der Waals surface area contributed by atoms with Crippen LogP contribution in [0.5, 0.6) is 0 Å². The number of halogens is 2. The summed E-state index contributed by atoms with van der Waals surface area (Å²) >= 11 is 8.28. The van der Waals surface area contributed by atoms with Crippen LogP contribution >= 0.6 is 34.2 Å². The lowest BCUT2D eigenvalue weighted by molar-refractivity contribution is 0.0698. The van der Waals surface area contributed by atoms with Crippen LogP contribution < -0.4 is 5.32 Å². The average molecular weight is 388 g/mol. The molecule has 0 aliphatic carbocycles. The molecule has 0 aliphatic rings. The van der Waals surface area contributed by atoms with E-state index in [1.165, 1.54) is 0 Å². The standard InChI is InChI=1S/C14H11ClINO2/c1-8-2-4-10(14(18)19)12(6-8)17-13-7-9(16)3-5-11(13)15/h2-7,17H,1H3,(H,18,19). The maximum absolute atomic E-state index is 11.2. The Hall–Kier alpha value is -1.27. The second-order valence-electron chi connectivity index (χ2n) is 4.10. The fourth-order valence-electron chi connectivity index (χ4n) is 1.69. The Morgan fingerprint density at radius 1 is 1.21 bits per heavy atom. The molecule has 2 N–H and O–H groups in total. The lowest BCUT2D eigenvalue weighted by Crippen LogP contribution is -2.03. The van der Waals surface area contributed by atoms with Crippen LogP contribution in [0.15, 0.2) is 36.4 Å². The highest BCUT2D eigenvalue weighted by Crippen LogP contribution is 2.29. The SMILES string of the molecule is Cc1ccc(C(=O)O)c(Nc2cc(I)ccc2Cl)c1. The van der Waals surface area contributed by atoms with Crippen LogP contribution in [0.1, 0.15) is 15.9 Å². The van der Waals surface area contributed by atoms with Crippen molar-refractivity contribution in [3.63, 3.8) is 0 Å². The van der Waals surface area contributed by atoms with Crippen LogP contribution in [0.4, 0.5) is 11.4 Å². The number of carboxylic acid groups (broad SMARTS) is 1. The third kappa shape index (κ3) is 3.39. The van der Waals surface area contributed by atoms with Gasteiger partial charge in [0.1, 0.15) is 0 Å². The van der Waals surface area contributed by atoms with Crippen molar-refractivity contribution >= 4 is 51.5 Å². The first-order chi connectivity index (χ1) is 8.97. The van der Waals surface area contributed by atoms with E-state index in [4.69, 9.17) is 11.6 Å². The van der Waals surface area contributed by atoms with Gasteiger partial charge >= 0.3 is 5.97 Å². The molecule has 3 nitrogen and oxygen atoms in total. The van der Waals surface area contributed by atoms with Gasteiger partial charge < -0.3 is 10.4 Å². The zero-order chi connectivity index (χ0) is 14.0. The molecule has 19 heavy (non-hydrogen) atoms. The molecule has 2 rings (SSSR count). The summed E-state index contributed by atoms with van der Waals surface area (Å²) in [6, 6.07) is 10.7. The first kappa shape index (κ1) is 14.1. The Labute approximate surface area is 129 Å². The molecule has 5 heteroatoms. The molecule has 0 heterocycles. The van der Waals surface area contributed by atoms with Gasteiger partial charge in [-0.3, -0.25) is 0 Å². The Bertz CT molecular complexity index is 643. The van der Waals surface area contributed by atoms with Gasteiger partial charge in [0, 0.05) is 3.57 Å². The van der Waals surface area contributed by atoms with Crippen LogP contribution in [-0.2, 0) is 0 Å². The number of carbonyl (C=O) groups is 1. The minimum Gasteiger partial charge on any atom is -0.478 e. The van der Waals surface area contributed by atoms with Gasteiger partial charge in [-0.25, -0.2) is 4.79 Å². The van der Waals surface area contributed by atoms with Crippen LogP contribution in [0.25, 0.3) is 0 Å². The van der Waals surface area contributed by atoms with Gasteiger partial charge in [0.15, 0.2) is 0 Å². The number of anilines is 2. The largest absolute Gasteiger partial charge is 0.478 e. The smallest absolute Gasteiger partial charge is 0.337 e. The Balaban J connectivity index is 2.45. The van der Waals surface area contributed by atoms with Crippen molar-refractivity contribution in [2.24, 2.45) is 0 Å². The Morgan fingerprint density at radius 3 is 2.63 bits per heavy atom. The summed E-state index contributed by atoms with van der Waals surface area (Å²) in [6.07, 6.45) is 0. The Morgan fingerprint density at radius 2 is 1.95 bits per heavy atom. The quantitative estimate of drug-likeness (QED) is 0.751. The molecule has 0 saturated carbocycles. The van der Waals surface area contributed by atoms with Crippen LogP contribution in [0, 0.1) is 10.5 Å². The molecule has 0 radical (unpaired) electrons.